The number of likely N-dealkylation sites (tertiary alicyclic amines) is 1. The van der Waals surface area contributed by atoms with E-state index >= 15 is 0 Å². The molecule has 0 spiro atoms. The fourth-order valence-electron chi connectivity index (χ4n) is 4.19. The van der Waals surface area contributed by atoms with E-state index in [0.29, 0.717) is 19.5 Å². The molecule has 0 aromatic heterocycles. The van der Waals surface area contributed by atoms with Gasteiger partial charge in [-0.3, -0.25) is 4.79 Å². The van der Waals surface area contributed by atoms with E-state index in [4.69, 9.17) is 4.99 Å². The molecule has 2 N–H and O–H groups in total. The minimum absolute atomic E-state index is 0.250. The van der Waals surface area contributed by atoms with Gasteiger partial charge in [0.25, 0.3) is 0 Å². The van der Waals surface area contributed by atoms with Crippen LogP contribution in [0.15, 0.2) is 59.6 Å². The maximum atomic E-state index is 11.9. The number of benzene rings is 2. The van der Waals surface area contributed by atoms with Crippen molar-refractivity contribution in [1.29, 1.82) is 0 Å². The molecule has 158 valence electrons. The Balaban J connectivity index is 1.37. The highest BCUT2D eigenvalue weighted by atomic mass is 16.2. The third kappa shape index (κ3) is 5.02. The van der Waals surface area contributed by atoms with E-state index in [9.17, 15) is 4.79 Å². The molecule has 2 aromatic rings. The molecule has 1 aliphatic heterocycles. The van der Waals surface area contributed by atoms with Gasteiger partial charge in [0.1, 0.15) is 0 Å². The third-order valence-corrected chi connectivity index (χ3v) is 6.13. The quantitative estimate of drug-likeness (QED) is 0.522. The summed E-state index contributed by atoms with van der Waals surface area (Å²) in [6, 6.07) is 19.2. The minimum atomic E-state index is 0.250. The lowest BCUT2D eigenvalue weighted by molar-refractivity contribution is -0.128. The average Bonchev–Trinajstić information content (AvgIpc) is 3.47. The first kappa shape index (κ1) is 20.5. The molecule has 1 heterocycles. The Labute approximate surface area is 179 Å². The van der Waals surface area contributed by atoms with Gasteiger partial charge in [0.2, 0.25) is 5.91 Å². The maximum absolute atomic E-state index is 11.9. The van der Waals surface area contributed by atoms with Crippen LogP contribution in [-0.2, 0) is 23.3 Å². The van der Waals surface area contributed by atoms with Crippen LogP contribution < -0.4 is 10.6 Å². The van der Waals surface area contributed by atoms with Crippen LogP contribution in [0.5, 0.6) is 0 Å². The Morgan fingerprint density at radius 2 is 1.87 bits per heavy atom. The highest BCUT2D eigenvalue weighted by molar-refractivity contribution is 5.80. The first-order chi connectivity index (χ1) is 14.7. The number of amides is 1. The second-order valence-electron chi connectivity index (χ2n) is 8.43. The van der Waals surface area contributed by atoms with Gasteiger partial charge in [0.05, 0.1) is 6.54 Å². The highest BCUT2D eigenvalue weighted by Gasteiger charge is 2.43. The molecular weight excluding hydrogens is 372 g/mol. The van der Waals surface area contributed by atoms with Gasteiger partial charge in [-0.15, -0.1) is 0 Å². The molecule has 5 heteroatoms. The van der Waals surface area contributed by atoms with E-state index in [1.165, 1.54) is 29.5 Å². The number of nitrogens with one attached hydrogen (secondary N) is 2. The van der Waals surface area contributed by atoms with Gasteiger partial charge in [-0.2, -0.15) is 0 Å². The van der Waals surface area contributed by atoms with E-state index in [0.717, 1.165) is 32.0 Å². The van der Waals surface area contributed by atoms with Gasteiger partial charge in [0, 0.05) is 38.0 Å². The Hall–Kier alpha value is -2.82. The number of hydrogen-bond acceptors (Lipinski definition) is 2. The summed E-state index contributed by atoms with van der Waals surface area (Å²) >= 11 is 0. The molecule has 2 fully saturated rings. The lowest BCUT2D eigenvalue weighted by Gasteiger charge is -2.19. The van der Waals surface area contributed by atoms with Gasteiger partial charge in [-0.25, -0.2) is 4.99 Å². The monoisotopic (exact) mass is 404 g/mol. The molecule has 30 heavy (non-hydrogen) atoms. The zero-order valence-electron chi connectivity index (χ0n) is 17.9. The maximum Gasteiger partial charge on any atom is 0.222 e. The first-order valence-electron chi connectivity index (χ1n) is 11.1. The number of guanidine groups is 1. The van der Waals surface area contributed by atoms with Crippen LogP contribution in [0.4, 0.5) is 0 Å². The fourth-order valence-corrected chi connectivity index (χ4v) is 4.19. The van der Waals surface area contributed by atoms with Crippen molar-refractivity contribution in [2.24, 2.45) is 4.99 Å². The van der Waals surface area contributed by atoms with Gasteiger partial charge in [0.15, 0.2) is 5.96 Å². The Kier molecular flexibility index (Phi) is 6.36. The van der Waals surface area contributed by atoms with Crippen molar-refractivity contribution in [2.75, 3.05) is 19.6 Å². The van der Waals surface area contributed by atoms with Crippen LogP contribution in [0.3, 0.4) is 0 Å². The minimum Gasteiger partial charge on any atom is -0.357 e. The number of rotatable bonds is 8. The molecule has 1 amide bonds. The van der Waals surface area contributed by atoms with Gasteiger partial charge < -0.3 is 15.5 Å². The second kappa shape index (κ2) is 9.33. The largest absolute Gasteiger partial charge is 0.357 e. The summed E-state index contributed by atoms with van der Waals surface area (Å²) in [5.74, 6) is 1.13. The Morgan fingerprint density at radius 3 is 2.57 bits per heavy atom. The number of hydrogen-bond donors (Lipinski definition) is 2. The van der Waals surface area contributed by atoms with E-state index in [-0.39, 0.29) is 11.3 Å². The van der Waals surface area contributed by atoms with Gasteiger partial charge >= 0.3 is 0 Å². The van der Waals surface area contributed by atoms with Crippen molar-refractivity contribution in [3.63, 3.8) is 0 Å². The lowest BCUT2D eigenvalue weighted by Crippen LogP contribution is -2.41. The number of aliphatic imine (C=N–C) groups is 1. The molecular formula is C25H32N4O. The summed E-state index contributed by atoms with van der Waals surface area (Å²) in [6.45, 7) is 6.03. The van der Waals surface area contributed by atoms with Crippen LogP contribution in [-0.4, -0.2) is 36.4 Å². The topological polar surface area (TPSA) is 56.7 Å². The van der Waals surface area contributed by atoms with Crippen LogP contribution in [0.2, 0.25) is 0 Å². The molecule has 2 aromatic carbocycles. The zero-order valence-corrected chi connectivity index (χ0v) is 17.9. The smallest absolute Gasteiger partial charge is 0.222 e. The molecule has 0 radical (unpaired) electrons. The molecule has 0 bridgehead atoms. The van der Waals surface area contributed by atoms with Crippen LogP contribution in [0, 0.1) is 0 Å². The van der Waals surface area contributed by atoms with Crippen molar-refractivity contribution in [1.82, 2.24) is 15.5 Å². The summed E-state index contributed by atoms with van der Waals surface area (Å²) in [7, 11) is 0. The normalized spacial score (nSPS) is 17.8. The number of carbonyl (C=O) groups is 1. The predicted octanol–water partition coefficient (Wildman–Crippen LogP) is 3.60. The summed E-state index contributed by atoms with van der Waals surface area (Å²) in [6.07, 6.45) is 4.11. The molecule has 1 saturated heterocycles. The number of carbonyl (C=O) groups excluding carboxylic acids is 1. The second-order valence-corrected chi connectivity index (χ2v) is 8.43. The van der Waals surface area contributed by atoms with Crippen molar-refractivity contribution in [3.05, 3.63) is 71.3 Å². The number of nitrogens with zero attached hydrogens (tertiary/aromatic N) is 2. The summed E-state index contributed by atoms with van der Waals surface area (Å²) in [4.78, 5) is 18.7. The standard InChI is InChI=1S/C25H32N4O/c1-2-26-24(28-19-25(13-14-25)22-10-4-3-5-11-22)27-17-20-8-6-9-21(16-20)18-29-15-7-12-23(29)30/h3-6,8-11,16H,2,7,12-15,17-19H2,1H3,(H2,26,27,28). The summed E-state index contributed by atoms with van der Waals surface area (Å²) in [5.41, 5.74) is 4.01. The SMILES string of the molecule is CCNC(=NCc1cccc(CN2CCCC2=O)c1)NCC1(c2ccccc2)CC1. The van der Waals surface area contributed by atoms with Crippen molar-refractivity contribution in [3.8, 4) is 0 Å². The van der Waals surface area contributed by atoms with Crippen molar-refractivity contribution in [2.45, 2.75) is 51.1 Å². The lowest BCUT2D eigenvalue weighted by atomic mass is 9.96. The molecule has 5 nitrogen and oxygen atoms in total. The first-order valence-corrected chi connectivity index (χ1v) is 11.1. The van der Waals surface area contributed by atoms with Crippen molar-refractivity contribution < 1.29 is 4.79 Å². The molecule has 1 saturated carbocycles. The fraction of sp³-hybridized carbons (Fsp3) is 0.440. The molecule has 2 aliphatic rings. The van der Waals surface area contributed by atoms with Crippen LogP contribution in [0.1, 0.15) is 49.3 Å². The summed E-state index contributed by atoms with van der Waals surface area (Å²) in [5, 5.41) is 6.93. The van der Waals surface area contributed by atoms with E-state index in [2.05, 4.69) is 72.2 Å². The molecule has 1 aliphatic carbocycles. The van der Waals surface area contributed by atoms with Crippen LogP contribution in [0.25, 0.3) is 0 Å². The van der Waals surface area contributed by atoms with E-state index in [1.54, 1.807) is 0 Å². The highest BCUT2D eigenvalue weighted by Crippen LogP contribution is 2.47. The third-order valence-electron chi connectivity index (χ3n) is 6.13. The predicted molar refractivity (Wildman–Crippen MR) is 121 cm³/mol. The van der Waals surface area contributed by atoms with Gasteiger partial charge in [-0.05, 0) is 42.9 Å². The Bertz CT molecular complexity index is 889. The zero-order chi connectivity index (χ0) is 20.8. The van der Waals surface area contributed by atoms with Gasteiger partial charge in [-0.1, -0.05) is 54.6 Å². The Morgan fingerprint density at radius 1 is 1.07 bits per heavy atom. The van der Waals surface area contributed by atoms with E-state index < -0.39 is 0 Å². The molecule has 4 rings (SSSR count). The summed E-state index contributed by atoms with van der Waals surface area (Å²) < 4.78 is 0. The molecule has 0 unspecified atom stereocenters. The molecule has 0 atom stereocenters. The van der Waals surface area contributed by atoms with Crippen LogP contribution >= 0.6 is 0 Å². The van der Waals surface area contributed by atoms with E-state index in [1.807, 2.05) is 4.90 Å². The van der Waals surface area contributed by atoms with Crippen molar-refractivity contribution >= 4 is 11.9 Å². The average molecular weight is 405 g/mol.